The van der Waals surface area contributed by atoms with Crippen LogP contribution in [0.1, 0.15) is 26.2 Å². The molecule has 0 fully saturated rings. The largest absolute Gasteiger partial charge is 0.347 e. The predicted octanol–water partition coefficient (Wildman–Crippen LogP) is 3.32. The summed E-state index contributed by atoms with van der Waals surface area (Å²) in [5.41, 5.74) is 0. The number of hydrogen-bond donors (Lipinski definition) is 1. The van der Waals surface area contributed by atoms with Gasteiger partial charge in [-0.3, -0.25) is 4.79 Å². The molecule has 1 N–H and O–H groups in total. The number of fused-ring (bicyclic) bond motifs is 1. The maximum absolute atomic E-state index is 11.1. The second-order valence-electron chi connectivity index (χ2n) is 4.23. The van der Waals surface area contributed by atoms with Gasteiger partial charge in [0.1, 0.15) is 5.82 Å². The number of nitrogens with one attached hydrogen (secondary N) is 1. The molecule has 0 spiro atoms. The number of carbonyl (C=O) groups is 1. The molecule has 3 heteroatoms. The molecule has 0 radical (unpaired) electrons. The molecule has 1 aromatic heterocycles. The fourth-order valence-corrected chi connectivity index (χ4v) is 2.05. The molecule has 1 aromatic carbocycles. The van der Waals surface area contributed by atoms with Gasteiger partial charge in [0.2, 0.25) is 6.41 Å². The first kappa shape index (κ1) is 11.7. The summed E-state index contributed by atoms with van der Waals surface area (Å²) < 4.78 is 0. The summed E-state index contributed by atoms with van der Waals surface area (Å²) >= 11 is 0. The lowest BCUT2D eigenvalue weighted by atomic mass is 10.2. The van der Waals surface area contributed by atoms with Crippen molar-refractivity contribution < 1.29 is 4.79 Å². The van der Waals surface area contributed by atoms with Crippen molar-refractivity contribution in [3.8, 4) is 0 Å². The van der Waals surface area contributed by atoms with E-state index in [1.165, 1.54) is 0 Å². The minimum atomic E-state index is 0.780. The van der Waals surface area contributed by atoms with Crippen molar-refractivity contribution in [1.29, 1.82) is 0 Å². The number of benzene rings is 1. The van der Waals surface area contributed by atoms with Crippen molar-refractivity contribution in [2.45, 2.75) is 26.2 Å². The van der Waals surface area contributed by atoms with E-state index in [0.29, 0.717) is 0 Å². The smallest absolute Gasteiger partial charge is 0.215 e. The summed E-state index contributed by atoms with van der Waals surface area (Å²) in [6.45, 7) is 2.94. The highest BCUT2D eigenvalue weighted by Crippen LogP contribution is 2.25. The van der Waals surface area contributed by atoms with E-state index in [2.05, 4.69) is 11.9 Å². The number of nitrogens with zero attached hydrogens (tertiary/aromatic N) is 1. The van der Waals surface area contributed by atoms with Crippen LogP contribution in [0.4, 0.5) is 5.82 Å². The molecule has 1 heterocycles. The SMILES string of the molecule is CCCCCN(C=O)c1[nH]cc2ccccc12. The Balaban J connectivity index is 2.21. The molecule has 0 atom stereocenters. The van der Waals surface area contributed by atoms with Gasteiger partial charge in [0.15, 0.2) is 0 Å². The highest BCUT2D eigenvalue weighted by Gasteiger charge is 2.10. The molecular formula is C14H18N2O. The summed E-state index contributed by atoms with van der Waals surface area (Å²) in [5, 5.41) is 2.25. The van der Waals surface area contributed by atoms with Gasteiger partial charge < -0.3 is 9.88 Å². The number of hydrogen-bond acceptors (Lipinski definition) is 1. The van der Waals surface area contributed by atoms with Crippen molar-refractivity contribution in [2.75, 3.05) is 11.4 Å². The minimum absolute atomic E-state index is 0.780. The van der Waals surface area contributed by atoms with Crippen molar-refractivity contribution in [2.24, 2.45) is 0 Å². The lowest BCUT2D eigenvalue weighted by Crippen LogP contribution is -2.22. The zero-order chi connectivity index (χ0) is 12.1. The monoisotopic (exact) mass is 230 g/mol. The fraction of sp³-hybridized carbons (Fsp3) is 0.357. The van der Waals surface area contributed by atoms with Crippen LogP contribution in [0.2, 0.25) is 0 Å². The number of unbranched alkanes of at least 4 members (excludes halogenated alkanes) is 2. The van der Waals surface area contributed by atoms with Crippen LogP contribution >= 0.6 is 0 Å². The Bertz CT molecular complexity index is 490. The van der Waals surface area contributed by atoms with Crippen molar-refractivity contribution in [1.82, 2.24) is 4.98 Å². The standard InChI is InChI=1S/C14H18N2O/c1-2-3-6-9-16(11-17)14-13-8-5-4-7-12(13)10-15-14/h4-5,7-8,10-11,15H,2-3,6,9H2,1H3. The van der Waals surface area contributed by atoms with E-state index in [9.17, 15) is 4.79 Å². The van der Waals surface area contributed by atoms with Gasteiger partial charge in [-0.15, -0.1) is 0 Å². The molecule has 0 aliphatic heterocycles. The third-order valence-electron chi connectivity index (χ3n) is 3.00. The third-order valence-corrected chi connectivity index (χ3v) is 3.00. The van der Waals surface area contributed by atoms with Gasteiger partial charge in [0, 0.05) is 23.5 Å². The average molecular weight is 230 g/mol. The summed E-state index contributed by atoms with van der Waals surface area (Å²) in [4.78, 5) is 16.1. The lowest BCUT2D eigenvalue weighted by molar-refractivity contribution is -0.107. The number of amides is 1. The molecule has 0 saturated carbocycles. The predicted molar refractivity (Wildman–Crippen MR) is 71.2 cm³/mol. The van der Waals surface area contributed by atoms with E-state index in [0.717, 1.165) is 48.8 Å². The van der Waals surface area contributed by atoms with Crippen molar-refractivity contribution >= 4 is 23.0 Å². The first-order valence-corrected chi connectivity index (χ1v) is 6.15. The number of anilines is 1. The zero-order valence-corrected chi connectivity index (χ0v) is 10.1. The molecule has 90 valence electrons. The number of aromatic nitrogens is 1. The third kappa shape index (κ3) is 2.49. The van der Waals surface area contributed by atoms with Gasteiger partial charge in [-0.1, -0.05) is 44.0 Å². The second-order valence-corrected chi connectivity index (χ2v) is 4.23. The zero-order valence-electron chi connectivity index (χ0n) is 10.1. The minimum Gasteiger partial charge on any atom is -0.347 e. The van der Waals surface area contributed by atoms with E-state index in [4.69, 9.17) is 0 Å². The maximum atomic E-state index is 11.1. The molecule has 2 aromatic rings. The van der Waals surface area contributed by atoms with Crippen LogP contribution in [0.25, 0.3) is 10.8 Å². The molecule has 0 saturated heterocycles. The van der Waals surface area contributed by atoms with E-state index >= 15 is 0 Å². The van der Waals surface area contributed by atoms with Crippen LogP contribution in [-0.2, 0) is 4.79 Å². The molecule has 3 nitrogen and oxygen atoms in total. The van der Waals surface area contributed by atoms with Crippen LogP contribution in [0, 0.1) is 0 Å². The van der Waals surface area contributed by atoms with Gasteiger partial charge in [-0.05, 0) is 6.42 Å². The van der Waals surface area contributed by atoms with E-state index in [1.54, 1.807) is 4.90 Å². The first-order chi connectivity index (χ1) is 8.36. The first-order valence-electron chi connectivity index (χ1n) is 6.15. The molecule has 2 rings (SSSR count). The van der Waals surface area contributed by atoms with Crippen LogP contribution in [0.3, 0.4) is 0 Å². The number of H-pyrrole nitrogens is 1. The molecule has 17 heavy (non-hydrogen) atoms. The Morgan fingerprint density at radius 2 is 2.12 bits per heavy atom. The van der Waals surface area contributed by atoms with Crippen LogP contribution in [-0.4, -0.2) is 17.9 Å². The average Bonchev–Trinajstić information content (AvgIpc) is 2.79. The quantitative estimate of drug-likeness (QED) is 0.599. The Morgan fingerprint density at radius 3 is 2.88 bits per heavy atom. The van der Waals surface area contributed by atoms with Gasteiger partial charge in [0.05, 0.1) is 0 Å². The topological polar surface area (TPSA) is 36.1 Å². The maximum Gasteiger partial charge on any atom is 0.215 e. The van der Waals surface area contributed by atoms with Gasteiger partial charge in [-0.2, -0.15) is 0 Å². The Kier molecular flexibility index (Phi) is 3.81. The second kappa shape index (κ2) is 5.53. The Hall–Kier alpha value is -1.77. The van der Waals surface area contributed by atoms with Crippen molar-refractivity contribution in [3.63, 3.8) is 0 Å². The molecule has 0 aliphatic rings. The van der Waals surface area contributed by atoms with Crippen LogP contribution in [0.15, 0.2) is 30.5 Å². The van der Waals surface area contributed by atoms with Crippen LogP contribution < -0.4 is 4.90 Å². The summed E-state index contributed by atoms with van der Waals surface area (Å²) in [7, 11) is 0. The molecular weight excluding hydrogens is 212 g/mol. The number of rotatable bonds is 6. The van der Waals surface area contributed by atoms with Gasteiger partial charge in [0.25, 0.3) is 0 Å². The van der Waals surface area contributed by atoms with E-state index in [1.807, 2.05) is 30.5 Å². The Morgan fingerprint density at radius 1 is 1.29 bits per heavy atom. The summed E-state index contributed by atoms with van der Waals surface area (Å²) in [6.07, 6.45) is 6.22. The highest BCUT2D eigenvalue weighted by atomic mass is 16.1. The number of carbonyl (C=O) groups excluding carboxylic acids is 1. The van der Waals surface area contributed by atoms with Crippen molar-refractivity contribution in [3.05, 3.63) is 30.5 Å². The molecule has 0 bridgehead atoms. The van der Waals surface area contributed by atoms with E-state index < -0.39 is 0 Å². The fourth-order valence-electron chi connectivity index (χ4n) is 2.05. The Labute approximate surface area is 101 Å². The van der Waals surface area contributed by atoms with Gasteiger partial charge in [-0.25, -0.2) is 0 Å². The van der Waals surface area contributed by atoms with Crippen LogP contribution in [0.5, 0.6) is 0 Å². The molecule has 0 aliphatic carbocycles. The highest BCUT2D eigenvalue weighted by molar-refractivity contribution is 5.97. The molecule has 0 unspecified atom stereocenters. The summed E-state index contributed by atoms with van der Waals surface area (Å²) in [5.74, 6) is 0.909. The normalized spacial score (nSPS) is 10.6. The van der Waals surface area contributed by atoms with Gasteiger partial charge >= 0.3 is 0 Å². The lowest BCUT2D eigenvalue weighted by Gasteiger charge is -2.15. The number of aromatic amines is 1. The van der Waals surface area contributed by atoms with E-state index in [-0.39, 0.29) is 0 Å². The summed E-state index contributed by atoms with van der Waals surface area (Å²) in [6, 6.07) is 8.08. The molecule has 1 amide bonds.